The van der Waals surface area contributed by atoms with Gasteiger partial charge in [0.25, 0.3) is 0 Å². The Kier molecular flexibility index (Phi) is 2.75. The standard InChI is InChI=1S/C14H18O2/c1-14(2,9-15)13-7-4-10-8-11(16-3)5-6-12(10)13/h5-6,8-9,13H,4,7H2,1-3H3. The summed E-state index contributed by atoms with van der Waals surface area (Å²) in [7, 11) is 1.68. The lowest BCUT2D eigenvalue weighted by Gasteiger charge is -2.26. The van der Waals surface area contributed by atoms with Crippen molar-refractivity contribution >= 4 is 6.29 Å². The summed E-state index contributed by atoms with van der Waals surface area (Å²) < 4.78 is 5.22. The van der Waals surface area contributed by atoms with Gasteiger partial charge in [0.15, 0.2) is 0 Å². The highest BCUT2D eigenvalue weighted by molar-refractivity contribution is 5.62. The Morgan fingerprint density at radius 3 is 2.81 bits per heavy atom. The zero-order valence-electron chi connectivity index (χ0n) is 10.1. The van der Waals surface area contributed by atoms with E-state index in [2.05, 4.69) is 12.1 Å². The van der Waals surface area contributed by atoms with E-state index >= 15 is 0 Å². The predicted octanol–water partition coefficient (Wildman–Crippen LogP) is 2.95. The first-order chi connectivity index (χ1) is 7.58. The van der Waals surface area contributed by atoms with Crippen LogP contribution in [0.2, 0.25) is 0 Å². The van der Waals surface area contributed by atoms with Crippen molar-refractivity contribution in [2.75, 3.05) is 7.11 Å². The Morgan fingerprint density at radius 1 is 1.44 bits per heavy atom. The number of hydrogen-bond acceptors (Lipinski definition) is 2. The number of ether oxygens (including phenoxy) is 1. The molecular formula is C14H18O2. The van der Waals surface area contributed by atoms with Crippen LogP contribution in [0, 0.1) is 5.41 Å². The van der Waals surface area contributed by atoms with E-state index in [0.29, 0.717) is 5.92 Å². The molecule has 0 spiro atoms. The molecule has 1 aliphatic rings. The molecule has 1 unspecified atom stereocenters. The molecule has 1 aromatic carbocycles. The van der Waals surface area contributed by atoms with Crippen molar-refractivity contribution in [3.63, 3.8) is 0 Å². The van der Waals surface area contributed by atoms with Gasteiger partial charge < -0.3 is 9.53 Å². The van der Waals surface area contributed by atoms with Crippen molar-refractivity contribution in [3.8, 4) is 5.75 Å². The third-order valence-corrected chi connectivity index (χ3v) is 3.63. The number of carbonyl (C=O) groups is 1. The molecule has 1 aliphatic carbocycles. The van der Waals surface area contributed by atoms with E-state index in [0.717, 1.165) is 24.9 Å². The van der Waals surface area contributed by atoms with Crippen molar-refractivity contribution in [1.82, 2.24) is 0 Å². The maximum absolute atomic E-state index is 11.1. The Morgan fingerprint density at radius 2 is 2.19 bits per heavy atom. The van der Waals surface area contributed by atoms with E-state index in [1.165, 1.54) is 11.1 Å². The monoisotopic (exact) mass is 218 g/mol. The second-order valence-electron chi connectivity index (χ2n) is 5.10. The minimum absolute atomic E-state index is 0.264. The van der Waals surface area contributed by atoms with Crippen LogP contribution in [0.4, 0.5) is 0 Å². The molecule has 0 radical (unpaired) electrons. The normalized spacial score (nSPS) is 19.3. The summed E-state index contributed by atoms with van der Waals surface area (Å²) in [6.07, 6.45) is 3.19. The number of hydrogen-bond donors (Lipinski definition) is 0. The largest absolute Gasteiger partial charge is 0.497 e. The maximum Gasteiger partial charge on any atom is 0.126 e. The van der Waals surface area contributed by atoms with Crippen molar-refractivity contribution in [2.45, 2.75) is 32.6 Å². The summed E-state index contributed by atoms with van der Waals surface area (Å²) in [6, 6.07) is 6.19. The van der Waals surface area contributed by atoms with E-state index in [4.69, 9.17) is 4.74 Å². The molecule has 0 fully saturated rings. The second-order valence-corrected chi connectivity index (χ2v) is 5.10. The smallest absolute Gasteiger partial charge is 0.126 e. The molecule has 0 bridgehead atoms. The van der Waals surface area contributed by atoms with E-state index in [-0.39, 0.29) is 5.41 Å². The van der Waals surface area contributed by atoms with Crippen LogP contribution in [0.5, 0.6) is 5.75 Å². The van der Waals surface area contributed by atoms with E-state index < -0.39 is 0 Å². The number of aryl methyl sites for hydroxylation is 1. The van der Waals surface area contributed by atoms with Gasteiger partial charge in [-0.1, -0.05) is 19.9 Å². The Labute approximate surface area is 96.6 Å². The number of aldehydes is 1. The lowest BCUT2D eigenvalue weighted by atomic mass is 9.77. The topological polar surface area (TPSA) is 26.3 Å². The minimum atomic E-state index is -0.264. The summed E-state index contributed by atoms with van der Waals surface area (Å²) in [5, 5.41) is 0. The number of carbonyl (C=O) groups excluding carboxylic acids is 1. The van der Waals surface area contributed by atoms with Crippen molar-refractivity contribution < 1.29 is 9.53 Å². The minimum Gasteiger partial charge on any atom is -0.497 e. The molecule has 1 atom stereocenters. The molecule has 0 aromatic heterocycles. The molecule has 0 saturated heterocycles. The highest BCUT2D eigenvalue weighted by Crippen LogP contribution is 2.44. The first-order valence-corrected chi connectivity index (χ1v) is 5.71. The van der Waals surface area contributed by atoms with Crippen molar-refractivity contribution in [2.24, 2.45) is 5.41 Å². The van der Waals surface area contributed by atoms with Crippen LogP contribution in [-0.2, 0) is 11.2 Å². The number of benzene rings is 1. The number of rotatable bonds is 3. The average molecular weight is 218 g/mol. The maximum atomic E-state index is 11.1. The average Bonchev–Trinajstić information content (AvgIpc) is 2.72. The molecule has 16 heavy (non-hydrogen) atoms. The van der Waals surface area contributed by atoms with Gasteiger partial charge in [0.2, 0.25) is 0 Å². The van der Waals surface area contributed by atoms with Crippen LogP contribution in [0.1, 0.15) is 37.3 Å². The van der Waals surface area contributed by atoms with Crippen molar-refractivity contribution in [1.29, 1.82) is 0 Å². The molecule has 0 N–H and O–H groups in total. The lowest BCUT2D eigenvalue weighted by Crippen LogP contribution is -2.21. The summed E-state index contributed by atoms with van der Waals surface area (Å²) in [6.45, 7) is 4.04. The molecule has 86 valence electrons. The van der Waals surface area contributed by atoms with Gasteiger partial charge in [-0.05, 0) is 42.0 Å². The van der Waals surface area contributed by atoms with Gasteiger partial charge in [-0.3, -0.25) is 0 Å². The molecule has 2 heteroatoms. The summed E-state index contributed by atoms with van der Waals surface area (Å²) in [4.78, 5) is 11.1. The SMILES string of the molecule is COc1ccc2c(c1)CCC2C(C)(C)C=O. The fraction of sp³-hybridized carbons (Fsp3) is 0.500. The molecule has 0 aliphatic heterocycles. The van der Waals surface area contributed by atoms with Gasteiger partial charge in [0.05, 0.1) is 7.11 Å². The van der Waals surface area contributed by atoms with Gasteiger partial charge in [-0.15, -0.1) is 0 Å². The van der Waals surface area contributed by atoms with Crippen LogP contribution in [0.15, 0.2) is 18.2 Å². The molecule has 2 rings (SSSR count). The molecule has 0 saturated carbocycles. The molecule has 1 aromatic rings. The zero-order valence-corrected chi connectivity index (χ0v) is 10.1. The van der Waals surface area contributed by atoms with Crippen LogP contribution in [0.25, 0.3) is 0 Å². The first-order valence-electron chi connectivity index (χ1n) is 5.71. The third kappa shape index (κ3) is 1.73. The first kappa shape index (κ1) is 11.2. The van der Waals surface area contributed by atoms with Crippen molar-refractivity contribution in [3.05, 3.63) is 29.3 Å². The van der Waals surface area contributed by atoms with Crippen LogP contribution in [0.3, 0.4) is 0 Å². The van der Waals surface area contributed by atoms with E-state index in [1.807, 2.05) is 19.9 Å². The van der Waals surface area contributed by atoms with Gasteiger partial charge in [0.1, 0.15) is 12.0 Å². The van der Waals surface area contributed by atoms with Gasteiger partial charge in [0, 0.05) is 5.41 Å². The lowest BCUT2D eigenvalue weighted by molar-refractivity contribution is -0.115. The fourth-order valence-electron chi connectivity index (χ4n) is 2.58. The van der Waals surface area contributed by atoms with Gasteiger partial charge in [-0.25, -0.2) is 0 Å². The Balaban J connectivity index is 2.37. The second kappa shape index (κ2) is 3.93. The van der Waals surface area contributed by atoms with Crippen LogP contribution < -0.4 is 4.74 Å². The van der Waals surface area contributed by atoms with Crippen LogP contribution >= 0.6 is 0 Å². The van der Waals surface area contributed by atoms with Gasteiger partial charge in [-0.2, -0.15) is 0 Å². The number of methoxy groups -OCH3 is 1. The molecular weight excluding hydrogens is 200 g/mol. The summed E-state index contributed by atoms with van der Waals surface area (Å²) in [5.74, 6) is 1.26. The van der Waals surface area contributed by atoms with E-state index in [9.17, 15) is 4.79 Å². The Bertz CT molecular complexity index is 407. The van der Waals surface area contributed by atoms with Gasteiger partial charge >= 0.3 is 0 Å². The van der Waals surface area contributed by atoms with Crippen LogP contribution in [-0.4, -0.2) is 13.4 Å². The quantitative estimate of drug-likeness (QED) is 0.729. The third-order valence-electron chi connectivity index (χ3n) is 3.63. The zero-order chi connectivity index (χ0) is 11.8. The fourth-order valence-corrected chi connectivity index (χ4v) is 2.58. The highest BCUT2D eigenvalue weighted by Gasteiger charge is 2.35. The number of fused-ring (bicyclic) bond motifs is 1. The summed E-state index contributed by atoms with van der Waals surface area (Å²) >= 11 is 0. The molecule has 2 nitrogen and oxygen atoms in total. The summed E-state index contributed by atoms with van der Waals surface area (Å²) in [5.41, 5.74) is 2.39. The predicted molar refractivity (Wildman–Crippen MR) is 63.9 cm³/mol. The Hall–Kier alpha value is -1.31. The highest BCUT2D eigenvalue weighted by atomic mass is 16.5. The molecule has 0 heterocycles. The molecule has 0 amide bonds. The van der Waals surface area contributed by atoms with E-state index in [1.54, 1.807) is 7.11 Å².